The summed E-state index contributed by atoms with van der Waals surface area (Å²) in [6, 6.07) is 1.67. The molecule has 0 atom stereocenters. The summed E-state index contributed by atoms with van der Waals surface area (Å²) in [6.07, 6.45) is 2.90. The molecule has 1 amide bonds. The lowest BCUT2D eigenvalue weighted by Crippen LogP contribution is -2.39. The van der Waals surface area contributed by atoms with Gasteiger partial charge in [-0.05, 0) is 19.9 Å². The van der Waals surface area contributed by atoms with Crippen molar-refractivity contribution in [2.45, 2.75) is 19.9 Å². The van der Waals surface area contributed by atoms with Crippen molar-refractivity contribution in [3.63, 3.8) is 0 Å². The second-order valence-corrected chi connectivity index (χ2v) is 3.45. The van der Waals surface area contributed by atoms with Gasteiger partial charge < -0.3 is 10.0 Å². The van der Waals surface area contributed by atoms with Crippen LogP contribution in [0.2, 0.25) is 0 Å². The number of carbonyl (C=O) groups excluding carboxylic acids is 1. The Morgan fingerprint density at radius 1 is 1.53 bits per heavy atom. The third kappa shape index (κ3) is 2.99. The van der Waals surface area contributed by atoms with E-state index in [2.05, 4.69) is 10.2 Å². The zero-order valence-electron chi connectivity index (χ0n) is 8.92. The zero-order chi connectivity index (χ0) is 11.3. The summed E-state index contributed by atoms with van der Waals surface area (Å²) in [7, 11) is 0. The molecule has 0 fully saturated rings. The summed E-state index contributed by atoms with van der Waals surface area (Å²) in [5.74, 6) is -0.131. The van der Waals surface area contributed by atoms with Crippen LogP contribution in [0.15, 0.2) is 18.5 Å². The molecular weight excluding hydrogens is 194 g/mol. The van der Waals surface area contributed by atoms with Gasteiger partial charge in [0.2, 0.25) is 0 Å². The standard InChI is InChI=1S/C10H15N3O2/c1-8(2)13(5-6-14)10(15)9-3-4-11-12-7-9/h3-4,7-8,14H,5-6H2,1-2H3. The number of aliphatic hydroxyl groups is 1. The molecule has 1 aromatic heterocycles. The fourth-order valence-electron chi connectivity index (χ4n) is 1.29. The van der Waals surface area contributed by atoms with Gasteiger partial charge in [-0.3, -0.25) is 4.79 Å². The number of carbonyl (C=O) groups is 1. The van der Waals surface area contributed by atoms with Gasteiger partial charge in [0, 0.05) is 12.6 Å². The Hall–Kier alpha value is -1.49. The molecule has 0 radical (unpaired) electrons. The first-order valence-corrected chi connectivity index (χ1v) is 4.85. The van der Waals surface area contributed by atoms with E-state index < -0.39 is 0 Å². The number of rotatable bonds is 4. The summed E-state index contributed by atoms with van der Waals surface area (Å²) in [4.78, 5) is 13.5. The maximum absolute atomic E-state index is 11.9. The Bertz CT molecular complexity index is 314. The Morgan fingerprint density at radius 3 is 2.73 bits per heavy atom. The van der Waals surface area contributed by atoms with Gasteiger partial charge in [0.25, 0.3) is 5.91 Å². The van der Waals surface area contributed by atoms with Crippen LogP contribution in [0.25, 0.3) is 0 Å². The van der Waals surface area contributed by atoms with Gasteiger partial charge in [-0.1, -0.05) is 0 Å². The molecule has 0 bridgehead atoms. The molecule has 0 saturated heterocycles. The molecule has 0 spiro atoms. The summed E-state index contributed by atoms with van der Waals surface area (Å²) < 4.78 is 0. The second-order valence-electron chi connectivity index (χ2n) is 3.45. The highest BCUT2D eigenvalue weighted by molar-refractivity contribution is 5.93. The fraction of sp³-hybridized carbons (Fsp3) is 0.500. The number of aliphatic hydroxyl groups excluding tert-OH is 1. The van der Waals surface area contributed by atoms with E-state index in [1.165, 1.54) is 12.4 Å². The Balaban J connectivity index is 2.81. The van der Waals surface area contributed by atoms with E-state index in [1.807, 2.05) is 13.8 Å². The van der Waals surface area contributed by atoms with Crippen LogP contribution in [0.1, 0.15) is 24.2 Å². The van der Waals surface area contributed by atoms with Gasteiger partial charge in [0.1, 0.15) is 0 Å². The number of amides is 1. The van der Waals surface area contributed by atoms with Gasteiger partial charge in [0.15, 0.2) is 0 Å². The molecule has 5 nitrogen and oxygen atoms in total. The van der Waals surface area contributed by atoms with Crippen LogP contribution in [-0.2, 0) is 0 Å². The van der Waals surface area contributed by atoms with Gasteiger partial charge >= 0.3 is 0 Å². The maximum atomic E-state index is 11.9. The number of hydrogen-bond acceptors (Lipinski definition) is 4. The lowest BCUT2D eigenvalue weighted by atomic mass is 10.2. The molecule has 1 rings (SSSR count). The van der Waals surface area contributed by atoms with E-state index in [0.717, 1.165) is 0 Å². The number of hydrogen-bond donors (Lipinski definition) is 1. The summed E-state index contributed by atoms with van der Waals surface area (Å²) in [5, 5.41) is 16.1. The zero-order valence-corrected chi connectivity index (χ0v) is 8.92. The molecular formula is C10H15N3O2. The highest BCUT2D eigenvalue weighted by atomic mass is 16.3. The molecule has 0 unspecified atom stereocenters. The van der Waals surface area contributed by atoms with Crippen LogP contribution >= 0.6 is 0 Å². The molecule has 0 aliphatic heterocycles. The quantitative estimate of drug-likeness (QED) is 0.775. The van der Waals surface area contributed by atoms with Gasteiger partial charge in [-0.25, -0.2) is 0 Å². The van der Waals surface area contributed by atoms with Gasteiger partial charge in [-0.2, -0.15) is 10.2 Å². The molecule has 1 aromatic rings. The molecule has 0 aliphatic rings. The van der Waals surface area contributed by atoms with Crippen LogP contribution < -0.4 is 0 Å². The van der Waals surface area contributed by atoms with Gasteiger partial charge in [-0.15, -0.1) is 0 Å². The van der Waals surface area contributed by atoms with Crippen molar-refractivity contribution < 1.29 is 9.90 Å². The molecule has 82 valence electrons. The van der Waals surface area contributed by atoms with Gasteiger partial charge in [0.05, 0.1) is 24.6 Å². The molecule has 15 heavy (non-hydrogen) atoms. The summed E-state index contributed by atoms with van der Waals surface area (Å²) in [6.45, 7) is 4.10. The van der Waals surface area contributed by atoms with Crippen molar-refractivity contribution in [1.29, 1.82) is 0 Å². The minimum atomic E-state index is -0.131. The molecule has 0 saturated carbocycles. The van der Waals surface area contributed by atoms with E-state index in [-0.39, 0.29) is 18.6 Å². The second kappa shape index (κ2) is 5.41. The minimum Gasteiger partial charge on any atom is -0.395 e. The van der Waals surface area contributed by atoms with E-state index in [1.54, 1.807) is 11.0 Å². The summed E-state index contributed by atoms with van der Waals surface area (Å²) >= 11 is 0. The average molecular weight is 209 g/mol. The summed E-state index contributed by atoms with van der Waals surface area (Å²) in [5.41, 5.74) is 0.493. The van der Waals surface area contributed by atoms with E-state index >= 15 is 0 Å². The maximum Gasteiger partial charge on any atom is 0.255 e. The van der Waals surface area contributed by atoms with Crippen LogP contribution in [0, 0.1) is 0 Å². The number of aromatic nitrogens is 2. The predicted molar refractivity (Wildman–Crippen MR) is 55.3 cm³/mol. The van der Waals surface area contributed by atoms with Crippen molar-refractivity contribution in [2.75, 3.05) is 13.2 Å². The fourth-order valence-corrected chi connectivity index (χ4v) is 1.29. The lowest BCUT2D eigenvalue weighted by molar-refractivity contribution is 0.0664. The minimum absolute atomic E-state index is 0.0393. The van der Waals surface area contributed by atoms with Crippen LogP contribution in [0.4, 0.5) is 0 Å². The SMILES string of the molecule is CC(C)N(CCO)C(=O)c1ccnnc1. The predicted octanol–water partition coefficient (Wildman–Crippen LogP) is 0.319. The Labute approximate surface area is 88.7 Å². The topological polar surface area (TPSA) is 66.3 Å². The first-order valence-electron chi connectivity index (χ1n) is 4.85. The highest BCUT2D eigenvalue weighted by Crippen LogP contribution is 2.05. The highest BCUT2D eigenvalue weighted by Gasteiger charge is 2.17. The molecule has 5 heteroatoms. The van der Waals surface area contributed by atoms with Crippen LogP contribution in [0.5, 0.6) is 0 Å². The molecule has 1 N–H and O–H groups in total. The first-order chi connectivity index (χ1) is 7.16. The van der Waals surface area contributed by atoms with E-state index in [9.17, 15) is 4.79 Å². The van der Waals surface area contributed by atoms with Crippen molar-refractivity contribution >= 4 is 5.91 Å². The Morgan fingerprint density at radius 2 is 2.27 bits per heavy atom. The van der Waals surface area contributed by atoms with E-state index in [4.69, 9.17) is 5.11 Å². The van der Waals surface area contributed by atoms with Crippen LogP contribution in [0.3, 0.4) is 0 Å². The largest absolute Gasteiger partial charge is 0.395 e. The molecule has 1 heterocycles. The van der Waals surface area contributed by atoms with Crippen molar-refractivity contribution in [1.82, 2.24) is 15.1 Å². The lowest BCUT2D eigenvalue weighted by Gasteiger charge is -2.25. The normalized spacial score (nSPS) is 10.4. The monoisotopic (exact) mass is 209 g/mol. The smallest absolute Gasteiger partial charge is 0.255 e. The molecule has 0 aromatic carbocycles. The van der Waals surface area contributed by atoms with E-state index in [0.29, 0.717) is 12.1 Å². The third-order valence-corrected chi connectivity index (χ3v) is 2.06. The van der Waals surface area contributed by atoms with Crippen molar-refractivity contribution in [3.05, 3.63) is 24.0 Å². The molecule has 0 aliphatic carbocycles. The average Bonchev–Trinajstić information content (AvgIpc) is 2.26. The number of nitrogens with zero attached hydrogens (tertiary/aromatic N) is 3. The third-order valence-electron chi connectivity index (χ3n) is 2.06. The van der Waals surface area contributed by atoms with Crippen molar-refractivity contribution in [3.8, 4) is 0 Å². The first kappa shape index (κ1) is 11.6. The van der Waals surface area contributed by atoms with Crippen LogP contribution in [-0.4, -0.2) is 45.3 Å². The Kier molecular flexibility index (Phi) is 4.17. The van der Waals surface area contributed by atoms with Crippen molar-refractivity contribution in [2.24, 2.45) is 0 Å².